The molecular formula is C14H30N2O. The number of nitrogens with two attached hydrogens (primary N) is 1. The zero-order chi connectivity index (χ0) is 13.4. The summed E-state index contributed by atoms with van der Waals surface area (Å²) in [6.45, 7) is 12.8. The topological polar surface area (TPSA) is 46.3 Å². The fourth-order valence-electron chi connectivity index (χ4n) is 1.91. The minimum Gasteiger partial charge on any atom is -0.368 e. The van der Waals surface area contributed by atoms with E-state index in [0.29, 0.717) is 11.8 Å². The molecule has 0 aliphatic heterocycles. The molecule has 0 aliphatic carbocycles. The first-order valence-corrected chi connectivity index (χ1v) is 6.91. The average Bonchev–Trinajstić information content (AvgIpc) is 2.21. The second-order valence-electron chi connectivity index (χ2n) is 5.73. The minimum absolute atomic E-state index is 0.0903. The Morgan fingerprint density at radius 2 is 1.47 bits per heavy atom. The number of hydrogen-bond donors (Lipinski definition) is 1. The third-order valence-corrected chi connectivity index (χ3v) is 3.14. The predicted octanol–water partition coefficient (Wildman–Crippen LogP) is 2.64. The molecule has 3 nitrogen and oxygen atoms in total. The van der Waals surface area contributed by atoms with Crippen LogP contribution in [-0.4, -0.2) is 29.9 Å². The van der Waals surface area contributed by atoms with Gasteiger partial charge in [-0.05, 0) is 44.2 Å². The van der Waals surface area contributed by atoms with E-state index in [1.807, 2.05) is 6.92 Å². The molecule has 1 unspecified atom stereocenters. The smallest absolute Gasteiger partial charge is 0.234 e. The number of nitrogens with zero attached hydrogens (tertiary/aromatic N) is 1. The van der Waals surface area contributed by atoms with Crippen LogP contribution < -0.4 is 5.73 Å². The zero-order valence-corrected chi connectivity index (χ0v) is 12.2. The summed E-state index contributed by atoms with van der Waals surface area (Å²) in [6.07, 6.45) is 3.06. The highest BCUT2D eigenvalue weighted by Crippen LogP contribution is 2.11. The van der Waals surface area contributed by atoms with Crippen LogP contribution in [0.2, 0.25) is 0 Å². The number of primary amides is 1. The van der Waals surface area contributed by atoms with E-state index in [9.17, 15) is 4.79 Å². The van der Waals surface area contributed by atoms with Gasteiger partial charge in [0, 0.05) is 0 Å². The molecule has 2 N–H and O–H groups in total. The van der Waals surface area contributed by atoms with Crippen molar-refractivity contribution in [3.8, 4) is 0 Å². The van der Waals surface area contributed by atoms with Crippen molar-refractivity contribution in [1.82, 2.24) is 4.90 Å². The van der Waals surface area contributed by atoms with Crippen LogP contribution in [0, 0.1) is 11.8 Å². The Balaban J connectivity index is 4.40. The van der Waals surface area contributed by atoms with Gasteiger partial charge in [-0.3, -0.25) is 9.69 Å². The maximum absolute atomic E-state index is 11.4. The van der Waals surface area contributed by atoms with Crippen molar-refractivity contribution >= 4 is 5.91 Å². The fourth-order valence-corrected chi connectivity index (χ4v) is 1.91. The SMILES string of the molecule is CCC(C(N)=O)N(CCC(C)C)CCC(C)C. The lowest BCUT2D eigenvalue weighted by Crippen LogP contribution is -2.45. The monoisotopic (exact) mass is 242 g/mol. The summed E-state index contributed by atoms with van der Waals surface area (Å²) >= 11 is 0. The molecule has 0 aromatic heterocycles. The number of hydrogen-bond acceptors (Lipinski definition) is 2. The van der Waals surface area contributed by atoms with E-state index in [4.69, 9.17) is 5.73 Å². The van der Waals surface area contributed by atoms with E-state index in [1.54, 1.807) is 0 Å². The molecule has 0 spiro atoms. The summed E-state index contributed by atoms with van der Waals surface area (Å²) < 4.78 is 0. The Kier molecular flexibility index (Phi) is 8.23. The van der Waals surface area contributed by atoms with Gasteiger partial charge in [0.2, 0.25) is 5.91 Å². The van der Waals surface area contributed by atoms with Crippen LogP contribution in [0.15, 0.2) is 0 Å². The quantitative estimate of drug-likeness (QED) is 0.675. The third-order valence-electron chi connectivity index (χ3n) is 3.14. The van der Waals surface area contributed by atoms with Crippen LogP contribution in [0.4, 0.5) is 0 Å². The van der Waals surface area contributed by atoms with E-state index < -0.39 is 0 Å². The lowest BCUT2D eigenvalue weighted by molar-refractivity contribution is -0.123. The highest BCUT2D eigenvalue weighted by Gasteiger charge is 2.21. The fraction of sp³-hybridized carbons (Fsp3) is 0.929. The molecule has 0 radical (unpaired) electrons. The summed E-state index contributed by atoms with van der Waals surface area (Å²) in [4.78, 5) is 13.7. The standard InChI is InChI=1S/C14H30N2O/c1-6-13(14(15)17)16(9-7-11(2)3)10-8-12(4)5/h11-13H,6-10H2,1-5H3,(H2,15,17). The predicted molar refractivity (Wildman–Crippen MR) is 73.8 cm³/mol. The Bertz CT molecular complexity index is 202. The van der Waals surface area contributed by atoms with Crippen molar-refractivity contribution in [2.24, 2.45) is 17.6 Å². The molecule has 0 aromatic rings. The second kappa shape index (κ2) is 8.51. The van der Waals surface area contributed by atoms with Gasteiger partial charge in [0.25, 0.3) is 0 Å². The van der Waals surface area contributed by atoms with Crippen LogP contribution >= 0.6 is 0 Å². The van der Waals surface area contributed by atoms with Crippen molar-refractivity contribution in [1.29, 1.82) is 0 Å². The molecule has 1 atom stereocenters. The summed E-state index contributed by atoms with van der Waals surface area (Å²) in [5.41, 5.74) is 5.48. The third kappa shape index (κ3) is 7.37. The van der Waals surface area contributed by atoms with Crippen molar-refractivity contribution < 1.29 is 4.79 Å². The maximum Gasteiger partial charge on any atom is 0.234 e. The lowest BCUT2D eigenvalue weighted by Gasteiger charge is -2.30. The lowest BCUT2D eigenvalue weighted by atomic mass is 10.1. The number of rotatable bonds is 9. The molecule has 3 heteroatoms. The van der Waals surface area contributed by atoms with Crippen LogP contribution in [0.5, 0.6) is 0 Å². The van der Waals surface area contributed by atoms with Gasteiger partial charge in [-0.2, -0.15) is 0 Å². The first kappa shape index (κ1) is 16.4. The molecule has 17 heavy (non-hydrogen) atoms. The van der Waals surface area contributed by atoms with E-state index in [-0.39, 0.29) is 11.9 Å². The van der Waals surface area contributed by atoms with Gasteiger partial charge in [0.1, 0.15) is 0 Å². The Morgan fingerprint density at radius 1 is 1.06 bits per heavy atom. The van der Waals surface area contributed by atoms with Gasteiger partial charge in [0.05, 0.1) is 6.04 Å². The minimum atomic E-state index is -0.181. The Hall–Kier alpha value is -0.570. The van der Waals surface area contributed by atoms with Gasteiger partial charge in [0.15, 0.2) is 0 Å². The number of carbonyl (C=O) groups excluding carboxylic acids is 1. The van der Waals surface area contributed by atoms with Crippen LogP contribution in [0.1, 0.15) is 53.9 Å². The molecule has 0 bridgehead atoms. The van der Waals surface area contributed by atoms with Crippen molar-refractivity contribution in [3.63, 3.8) is 0 Å². The first-order valence-electron chi connectivity index (χ1n) is 6.91. The molecule has 0 saturated carbocycles. The summed E-state index contributed by atoms with van der Waals surface area (Å²) in [7, 11) is 0. The molecule has 0 heterocycles. The highest BCUT2D eigenvalue weighted by atomic mass is 16.1. The van der Waals surface area contributed by atoms with Crippen molar-refractivity contribution in [2.75, 3.05) is 13.1 Å². The molecule has 0 fully saturated rings. The number of carbonyl (C=O) groups is 1. The van der Waals surface area contributed by atoms with Gasteiger partial charge < -0.3 is 5.73 Å². The number of amides is 1. The Labute approximate surface area is 107 Å². The molecule has 102 valence electrons. The van der Waals surface area contributed by atoms with Gasteiger partial charge >= 0.3 is 0 Å². The van der Waals surface area contributed by atoms with E-state index in [2.05, 4.69) is 32.6 Å². The van der Waals surface area contributed by atoms with Gasteiger partial charge in [-0.25, -0.2) is 0 Å². The van der Waals surface area contributed by atoms with Crippen LogP contribution in [0.3, 0.4) is 0 Å². The van der Waals surface area contributed by atoms with E-state index in [0.717, 1.165) is 32.4 Å². The van der Waals surface area contributed by atoms with E-state index in [1.165, 1.54) is 0 Å². The van der Waals surface area contributed by atoms with Crippen molar-refractivity contribution in [3.05, 3.63) is 0 Å². The Morgan fingerprint density at radius 3 is 1.71 bits per heavy atom. The van der Waals surface area contributed by atoms with E-state index >= 15 is 0 Å². The molecule has 0 aliphatic rings. The maximum atomic E-state index is 11.4. The normalized spacial score (nSPS) is 13.6. The molecular weight excluding hydrogens is 212 g/mol. The largest absolute Gasteiger partial charge is 0.368 e. The van der Waals surface area contributed by atoms with Crippen LogP contribution in [-0.2, 0) is 4.79 Å². The molecule has 0 saturated heterocycles. The summed E-state index contributed by atoms with van der Waals surface area (Å²) in [6, 6.07) is -0.0903. The van der Waals surface area contributed by atoms with Crippen LogP contribution in [0.25, 0.3) is 0 Å². The van der Waals surface area contributed by atoms with Gasteiger partial charge in [-0.15, -0.1) is 0 Å². The average molecular weight is 242 g/mol. The molecule has 1 amide bonds. The second-order valence-corrected chi connectivity index (χ2v) is 5.73. The first-order chi connectivity index (χ1) is 7.88. The highest BCUT2D eigenvalue weighted by molar-refractivity contribution is 5.79. The van der Waals surface area contributed by atoms with Gasteiger partial charge in [-0.1, -0.05) is 34.6 Å². The summed E-state index contributed by atoms with van der Waals surface area (Å²) in [5, 5.41) is 0. The summed E-state index contributed by atoms with van der Waals surface area (Å²) in [5.74, 6) is 1.16. The zero-order valence-electron chi connectivity index (χ0n) is 12.2. The van der Waals surface area contributed by atoms with Crippen molar-refractivity contribution in [2.45, 2.75) is 59.9 Å². The molecule has 0 rings (SSSR count). The molecule has 0 aromatic carbocycles.